The third kappa shape index (κ3) is 4.97. The number of imide groups is 1. The highest BCUT2D eigenvalue weighted by Crippen LogP contribution is 2.61. The Morgan fingerprint density at radius 2 is 1.69 bits per heavy atom. The first-order chi connectivity index (χ1) is 25.8. The molecule has 1 N–H and O–H groups in total. The van der Waals surface area contributed by atoms with Crippen LogP contribution in [0.25, 0.3) is 11.0 Å². The molecule has 2 fully saturated rings. The minimum absolute atomic E-state index is 0.000718. The number of halogens is 2. The molecule has 2 aliphatic heterocycles. The molecule has 2 aromatic heterocycles. The van der Waals surface area contributed by atoms with Crippen LogP contribution >= 0.6 is 11.6 Å². The molecule has 3 aromatic carbocycles. The summed E-state index contributed by atoms with van der Waals surface area (Å²) in [6, 6.07) is 12.4. The Labute approximate surface area is 310 Å². The lowest BCUT2D eigenvalue weighted by Crippen LogP contribution is -2.49. The van der Waals surface area contributed by atoms with E-state index >= 15 is 0 Å². The number of rotatable bonds is 7. The standard InChI is InChI=1S/C38H34ClFN6O8/c1-38-23(33(48)45(35(38)50)20-7-10-25(40)24(39)15-20)16-28-22(32(38)19-5-8-21(47)9-6-19)11-14-44-36(51)43(37(52)46(28)44)13-12-26-34(49)42(2)29-18-31(54-4)30(53-3)17-27(29)41-26/h5-11,15,17-18,23,28,32,47H,12-14,16H2,1-4H3/t23-,28+,32-,38+/m0/s1. The highest BCUT2D eigenvalue weighted by Gasteiger charge is 2.65. The number of allylic oxidation sites excluding steroid dienone is 2. The quantitative estimate of drug-likeness (QED) is 0.193. The molecule has 2 amide bonds. The molecular weight excluding hydrogens is 723 g/mol. The second-order valence-electron chi connectivity index (χ2n) is 13.9. The Balaban J connectivity index is 1.20. The number of fused-ring (bicyclic) bond motifs is 5. The molecule has 5 aromatic rings. The van der Waals surface area contributed by atoms with Gasteiger partial charge in [-0.1, -0.05) is 29.8 Å². The fraction of sp³-hybridized carbons (Fsp3) is 0.316. The number of hydrogen-bond acceptors (Lipinski definition) is 9. The number of carbonyl (C=O) groups excluding carboxylic acids is 2. The molecule has 4 atom stereocenters. The lowest BCUT2D eigenvalue weighted by Gasteiger charge is -2.47. The molecule has 0 radical (unpaired) electrons. The van der Waals surface area contributed by atoms with Crippen molar-refractivity contribution in [2.75, 3.05) is 19.1 Å². The molecule has 0 unspecified atom stereocenters. The first-order valence-corrected chi connectivity index (χ1v) is 17.5. The van der Waals surface area contributed by atoms with Crippen LogP contribution in [0.5, 0.6) is 17.2 Å². The highest BCUT2D eigenvalue weighted by molar-refractivity contribution is 6.31. The second-order valence-corrected chi connectivity index (χ2v) is 14.3. The Kier molecular flexibility index (Phi) is 8.17. The number of carbonyl (C=O) groups is 2. The van der Waals surface area contributed by atoms with Crippen molar-refractivity contribution in [2.24, 2.45) is 18.4 Å². The van der Waals surface area contributed by atoms with Gasteiger partial charge in [-0.05, 0) is 54.8 Å². The number of aromatic hydroxyl groups is 1. The van der Waals surface area contributed by atoms with Gasteiger partial charge in [-0.25, -0.2) is 37.8 Å². The van der Waals surface area contributed by atoms with E-state index in [1.165, 1.54) is 52.4 Å². The Bertz CT molecular complexity index is 2640. The lowest BCUT2D eigenvalue weighted by atomic mass is 9.56. The average Bonchev–Trinajstić information content (AvgIpc) is 3.52. The third-order valence-corrected chi connectivity index (χ3v) is 11.5. The van der Waals surface area contributed by atoms with Gasteiger partial charge >= 0.3 is 11.4 Å². The van der Waals surface area contributed by atoms with Crippen molar-refractivity contribution in [1.82, 2.24) is 23.5 Å². The van der Waals surface area contributed by atoms with Crippen LogP contribution in [0.15, 0.2) is 80.6 Å². The topological polar surface area (TPSA) is 160 Å². The van der Waals surface area contributed by atoms with Crippen molar-refractivity contribution in [3.05, 3.63) is 120 Å². The Hall–Kier alpha value is -5.96. The van der Waals surface area contributed by atoms with Gasteiger partial charge in [-0.3, -0.25) is 14.4 Å². The van der Waals surface area contributed by atoms with E-state index in [-0.39, 0.29) is 48.1 Å². The molecule has 278 valence electrons. The maximum atomic E-state index is 14.5. The van der Waals surface area contributed by atoms with Gasteiger partial charge in [0.1, 0.15) is 17.3 Å². The minimum atomic E-state index is -1.36. The van der Waals surface area contributed by atoms with E-state index in [9.17, 15) is 33.5 Å². The number of benzene rings is 3. The van der Waals surface area contributed by atoms with Crippen LogP contribution < -0.4 is 31.3 Å². The lowest BCUT2D eigenvalue weighted by molar-refractivity contribution is -0.129. The van der Waals surface area contributed by atoms with Gasteiger partial charge in [0.15, 0.2) is 11.5 Å². The summed E-state index contributed by atoms with van der Waals surface area (Å²) in [6.45, 7) is 1.54. The van der Waals surface area contributed by atoms with Crippen LogP contribution in [-0.4, -0.2) is 54.6 Å². The molecule has 4 heterocycles. The van der Waals surface area contributed by atoms with Crippen molar-refractivity contribution in [1.29, 1.82) is 0 Å². The predicted octanol–water partition coefficient (Wildman–Crippen LogP) is 3.68. The summed E-state index contributed by atoms with van der Waals surface area (Å²) in [5.74, 6) is -2.65. The molecule has 1 saturated heterocycles. The van der Waals surface area contributed by atoms with Crippen molar-refractivity contribution < 1.29 is 28.6 Å². The molecule has 54 heavy (non-hydrogen) atoms. The van der Waals surface area contributed by atoms with E-state index in [1.54, 1.807) is 38.2 Å². The van der Waals surface area contributed by atoms with Crippen molar-refractivity contribution in [3.8, 4) is 17.2 Å². The normalized spacial score (nSPS) is 21.9. The third-order valence-electron chi connectivity index (χ3n) is 11.2. The smallest absolute Gasteiger partial charge is 0.347 e. The number of ether oxygens (including phenoxy) is 2. The number of aromatic nitrogens is 5. The Morgan fingerprint density at radius 3 is 2.37 bits per heavy atom. The van der Waals surface area contributed by atoms with Crippen LogP contribution in [0.3, 0.4) is 0 Å². The van der Waals surface area contributed by atoms with Gasteiger partial charge in [-0.2, -0.15) is 0 Å². The van der Waals surface area contributed by atoms with E-state index in [0.29, 0.717) is 33.7 Å². The van der Waals surface area contributed by atoms with E-state index in [0.717, 1.165) is 15.5 Å². The largest absolute Gasteiger partial charge is 0.508 e. The first-order valence-electron chi connectivity index (χ1n) is 17.2. The number of nitrogens with zero attached hydrogens (tertiary/aromatic N) is 6. The SMILES string of the molecule is COc1cc2nc(CCn3c(=O)n4n(c3=O)[C@@H]3C[C@H]5C(=O)N(c6ccc(F)c(Cl)c6)C(=O)[C@@]5(C)[C@@H](c5ccc(O)cc5)C3=CC4)c(=O)n(C)c2cc1OC. The number of anilines is 1. The zero-order valence-corrected chi connectivity index (χ0v) is 30.3. The summed E-state index contributed by atoms with van der Waals surface area (Å²) in [5.41, 5.74) is -0.538. The van der Waals surface area contributed by atoms with Gasteiger partial charge in [0, 0.05) is 38.1 Å². The first kappa shape index (κ1) is 35.1. The summed E-state index contributed by atoms with van der Waals surface area (Å²) in [5, 5.41) is 9.87. The van der Waals surface area contributed by atoms with Gasteiger partial charge in [0.25, 0.3) is 5.56 Å². The van der Waals surface area contributed by atoms with Crippen molar-refractivity contribution in [2.45, 2.75) is 44.8 Å². The molecule has 3 aliphatic rings. The fourth-order valence-corrected chi connectivity index (χ4v) is 8.70. The van der Waals surface area contributed by atoms with Crippen molar-refractivity contribution in [3.63, 3.8) is 0 Å². The van der Waals surface area contributed by atoms with E-state index in [2.05, 4.69) is 4.98 Å². The molecular formula is C38H34ClFN6O8. The predicted molar refractivity (Wildman–Crippen MR) is 195 cm³/mol. The van der Waals surface area contributed by atoms with Gasteiger partial charge < -0.3 is 19.1 Å². The number of phenols is 1. The van der Waals surface area contributed by atoms with Crippen LogP contribution in [0.4, 0.5) is 10.1 Å². The molecule has 14 nitrogen and oxygen atoms in total. The molecule has 16 heteroatoms. The molecule has 1 saturated carbocycles. The average molecular weight is 757 g/mol. The van der Waals surface area contributed by atoms with Crippen molar-refractivity contribution >= 4 is 40.1 Å². The maximum Gasteiger partial charge on any atom is 0.347 e. The van der Waals surface area contributed by atoms with Crippen LogP contribution in [0.1, 0.15) is 36.6 Å². The highest BCUT2D eigenvalue weighted by atomic mass is 35.5. The summed E-state index contributed by atoms with van der Waals surface area (Å²) < 4.78 is 30.0. The van der Waals surface area contributed by atoms with Gasteiger partial charge in [-0.15, -0.1) is 0 Å². The number of methoxy groups -OCH3 is 2. The van der Waals surface area contributed by atoms with E-state index in [4.69, 9.17) is 21.1 Å². The summed E-state index contributed by atoms with van der Waals surface area (Å²) in [7, 11) is 4.56. The monoisotopic (exact) mass is 756 g/mol. The minimum Gasteiger partial charge on any atom is -0.508 e. The fourth-order valence-electron chi connectivity index (χ4n) is 8.52. The Morgan fingerprint density at radius 1 is 0.981 bits per heavy atom. The number of amides is 2. The maximum absolute atomic E-state index is 14.5. The molecule has 0 spiro atoms. The van der Waals surface area contributed by atoms with E-state index in [1.807, 2.05) is 6.08 Å². The summed E-state index contributed by atoms with van der Waals surface area (Å²) in [4.78, 5) is 76.0. The number of hydrogen-bond donors (Lipinski definition) is 1. The molecule has 8 rings (SSSR count). The zero-order chi connectivity index (χ0) is 38.4. The summed E-state index contributed by atoms with van der Waals surface area (Å²) in [6.07, 6.45) is 1.78. The van der Waals surface area contributed by atoms with Gasteiger partial charge in [0.2, 0.25) is 11.8 Å². The summed E-state index contributed by atoms with van der Waals surface area (Å²) >= 11 is 6.07. The van der Waals surface area contributed by atoms with Crippen LogP contribution in [0.2, 0.25) is 5.02 Å². The van der Waals surface area contributed by atoms with Crippen LogP contribution in [-0.2, 0) is 36.1 Å². The molecule has 0 bridgehead atoms. The molecule has 1 aliphatic carbocycles. The number of aryl methyl sites for hydroxylation is 2. The van der Waals surface area contributed by atoms with E-state index < -0.39 is 57.9 Å². The zero-order valence-electron chi connectivity index (χ0n) is 29.6. The van der Waals surface area contributed by atoms with Gasteiger partial charge in [0.05, 0.1) is 59.9 Å². The van der Waals surface area contributed by atoms with Crippen LogP contribution in [0, 0.1) is 17.2 Å². The second kappa shape index (κ2) is 12.6. The number of phenolic OH excluding ortho intramolecular Hbond substituents is 1.